The van der Waals surface area contributed by atoms with Crippen LogP contribution in [-0.2, 0) is 31.6 Å². The molecule has 2 aliphatic rings. The van der Waals surface area contributed by atoms with Crippen molar-refractivity contribution < 1.29 is 23.1 Å². The standard InChI is InChI=1S/C33H46N4O5S/c1-6-18-37(29(38)21-25-12-14-28(15-13-25)43(41,42)34-5)27-16-19-36(20-17-27)24-32(30(39)31(2,3)4)22-35-23-33(32,40)26-10-8-7-9-11-26/h6-15,27,34-35,40H,1,16-24H2,2-5H3/t32-,33-/m1/s1. The third-order valence-corrected chi connectivity index (χ3v) is 10.4. The lowest BCUT2D eigenvalue weighted by Gasteiger charge is -2.48. The first-order chi connectivity index (χ1) is 20.3. The number of nitrogens with zero attached hydrogens (tertiary/aromatic N) is 2. The Morgan fingerprint density at radius 2 is 1.72 bits per heavy atom. The molecule has 3 N–H and O–H groups in total. The molecular formula is C33H46N4O5S. The number of piperidine rings is 1. The third-order valence-electron chi connectivity index (χ3n) is 8.96. The maximum absolute atomic E-state index is 14.1. The Morgan fingerprint density at radius 1 is 1.09 bits per heavy atom. The number of hydrogen-bond donors (Lipinski definition) is 3. The van der Waals surface area contributed by atoms with Crippen molar-refractivity contribution in [3.05, 3.63) is 78.4 Å². The molecule has 0 bridgehead atoms. The lowest BCUT2D eigenvalue weighted by molar-refractivity contribution is -0.154. The van der Waals surface area contributed by atoms with Crippen molar-refractivity contribution in [1.82, 2.24) is 19.8 Å². The summed E-state index contributed by atoms with van der Waals surface area (Å²) in [6.07, 6.45) is 3.35. The highest BCUT2D eigenvalue weighted by molar-refractivity contribution is 7.89. The van der Waals surface area contributed by atoms with E-state index in [0.717, 1.165) is 24.0 Å². The molecule has 0 spiro atoms. The summed E-state index contributed by atoms with van der Waals surface area (Å²) in [4.78, 5) is 31.9. The number of carbonyl (C=O) groups is 2. The number of Topliss-reactive ketones (excluding diaryl/α,β-unsaturated/α-hetero) is 1. The number of benzene rings is 2. The van der Waals surface area contributed by atoms with Gasteiger partial charge in [-0.05, 0) is 43.1 Å². The van der Waals surface area contributed by atoms with Crippen molar-refractivity contribution in [3.8, 4) is 0 Å². The second-order valence-electron chi connectivity index (χ2n) is 12.9. The van der Waals surface area contributed by atoms with Crippen LogP contribution in [-0.4, -0.2) is 87.4 Å². The summed E-state index contributed by atoms with van der Waals surface area (Å²) in [6, 6.07) is 15.9. The fourth-order valence-electron chi connectivity index (χ4n) is 6.65. The number of hydrogen-bond acceptors (Lipinski definition) is 7. The highest BCUT2D eigenvalue weighted by Gasteiger charge is 2.62. The summed E-state index contributed by atoms with van der Waals surface area (Å²) in [5, 5.41) is 15.6. The van der Waals surface area contributed by atoms with Gasteiger partial charge in [0.25, 0.3) is 0 Å². The van der Waals surface area contributed by atoms with E-state index < -0.39 is 26.5 Å². The zero-order valence-corrected chi connectivity index (χ0v) is 26.6. The van der Waals surface area contributed by atoms with Crippen LogP contribution in [0.15, 0.2) is 72.1 Å². The Morgan fingerprint density at radius 3 is 2.28 bits per heavy atom. The van der Waals surface area contributed by atoms with Gasteiger partial charge in [-0.1, -0.05) is 69.3 Å². The largest absolute Gasteiger partial charge is 0.383 e. The van der Waals surface area contributed by atoms with Crippen molar-refractivity contribution in [2.75, 3.05) is 46.3 Å². The van der Waals surface area contributed by atoms with Gasteiger partial charge in [0.05, 0.1) is 16.7 Å². The molecule has 9 nitrogen and oxygen atoms in total. The van der Waals surface area contributed by atoms with E-state index in [0.29, 0.717) is 39.3 Å². The minimum atomic E-state index is -3.54. The highest BCUT2D eigenvalue weighted by Crippen LogP contribution is 2.48. The van der Waals surface area contributed by atoms with Crippen LogP contribution in [0, 0.1) is 10.8 Å². The highest BCUT2D eigenvalue weighted by atomic mass is 32.2. The average molecular weight is 611 g/mol. The number of carbonyl (C=O) groups excluding carboxylic acids is 2. The number of ketones is 1. The zero-order valence-electron chi connectivity index (χ0n) is 25.8. The predicted octanol–water partition coefficient (Wildman–Crippen LogP) is 2.71. The summed E-state index contributed by atoms with van der Waals surface area (Å²) < 4.78 is 26.4. The van der Waals surface area contributed by atoms with Gasteiger partial charge in [-0.2, -0.15) is 0 Å². The van der Waals surface area contributed by atoms with E-state index in [2.05, 4.69) is 21.5 Å². The van der Waals surface area contributed by atoms with Crippen LogP contribution in [0.25, 0.3) is 0 Å². The van der Waals surface area contributed by atoms with Crippen LogP contribution in [0.2, 0.25) is 0 Å². The van der Waals surface area contributed by atoms with E-state index >= 15 is 0 Å². The summed E-state index contributed by atoms with van der Waals surface area (Å²) >= 11 is 0. The van der Waals surface area contributed by atoms with E-state index in [1.165, 1.54) is 19.2 Å². The Hall–Kier alpha value is -2.89. The van der Waals surface area contributed by atoms with Gasteiger partial charge >= 0.3 is 0 Å². The Kier molecular flexibility index (Phi) is 9.98. The minimum Gasteiger partial charge on any atom is -0.383 e. The normalized spacial score (nSPS) is 23.7. The molecule has 2 atom stereocenters. The smallest absolute Gasteiger partial charge is 0.240 e. The van der Waals surface area contributed by atoms with Crippen LogP contribution >= 0.6 is 0 Å². The molecule has 0 aromatic heterocycles. The molecule has 2 aromatic carbocycles. The van der Waals surface area contributed by atoms with E-state index in [9.17, 15) is 23.1 Å². The molecule has 234 valence electrons. The van der Waals surface area contributed by atoms with Gasteiger partial charge in [0, 0.05) is 50.7 Å². The van der Waals surface area contributed by atoms with Gasteiger partial charge in [-0.15, -0.1) is 6.58 Å². The van der Waals surface area contributed by atoms with Gasteiger partial charge < -0.3 is 20.2 Å². The SMILES string of the molecule is C=CCN(C(=O)Cc1ccc(S(=O)(=O)NC)cc1)C1CCN(C[C@@]2(C(=O)C(C)(C)C)CNC[C@@]2(O)c2ccccc2)CC1. The number of amides is 1. The van der Waals surface area contributed by atoms with Crippen molar-refractivity contribution in [2.24, 2.45) is 10.8 Å². The van der Waals surface area contributed by atoms with Crippen molar-refractivity contribution >= 4 is 21.7 Å². The Balaban J connectivity index is 1.48. The number of likely N-dealkylation sites (tertiary alicyclic amines) is 1. The van der Waals surface area contributed by atoms with E-state index in [-0.39, 0.29) is 29.0 Å². The molecule has 2 fully saturated rings. The van der Waals surface area contributed by atoms with E-state index in [1.54, 1.807) is 18.2 Å². The molecule has 0 saturated carbocycles. The van der Waals surface area contributed by atoms with Crippen molar-refractivity contribution in [1.29, 1.82) is 0 Å². The molecule has 2 aliphatic heterocycles. The lowest BCUT2D eigenvalue weighted by Crippen LogP contribution is -2.60. The third kappa shape index (κ3) is 6.78. The van der Waals surface area contributed by atoms with Gasteiger partial charge in [0.2, 0.25) is 15.9 Å². The number of nitrogens with one attached hydrogen (secondary N) is 2. The van der Waals surface area contributed by atoms with Gasteiger partial charge in [-0.25, -0.2) is 13.1 Å². The number of aliphatic hydroxyl groups is 1. The molecular weight excluding hydrogens is 564 g/mol. The fourth-order valence-corrected chi connectivity index (χ4v) is 7.38. The van der Waals surface area contributed by atoms with Crippen LogP contribution in [0.3, 0.4) is 0 Å². The molecule has 2 heterocycles. The van der Waals surface area contributed by atoms with E-state index in [1.807, 2.05) is 56.0 Å². The summed E-state index contributed by atoms with van der Waals surface area (Å²) in [7, 11) is -2.18. The van der Waals surface area contributed by atoms with Crippen LogP contribution in [0.4, 0.5) is 0 Å². The molecule has 2 saturated heterocycles. The fraction of sp³-hybridized carbons (Fsp3) is 0.515. The monoisotopic (exact) mass is 610 g/mol. The second-order valence-corrected chi connectivity index (χ2v) is 14.7. The zero-order chi connectivity index (χ0) is 31.5. The predicted molar refractivity (Wildman–Crippen MR) is 168 cm³/mol. The first kappa shape index (κ1) is 33.0. The maximum Gasteiger partial charge on any atom is 0.240 e. The van der Waals surface area contributed by atoms with Crippen molar-refractivity contribution in [2.45, 2.75) is 56.6 Å². The summed E-state index contributed by atoms with van der Waals surface area (Å²) in [5.41, 5.74) is -1.53. The Labute approximate surface area is 256 Å². The van der Waals surface area contributed by atoms with Gasteiger partial charge in [0.1, 0.15) is 11.4 Å². The molecule has 1 amide bonds. The number of sulfonamides is 1. The molecule has 10 heteroatoms. The maximum atomic E-state index is 14.1. The second kappa shape index (κ2) is 13.0. The van der Waals surface area contributed by atoms with Gasteiger partial charge in [0.15, 0.2) is 0 Å². The van der Waals surface area contributed by atoms with Crippen LogP contribution < -0.4 is 10.0 Å². The molecule has 2 aromatic rings. The first-order valence-corrected chi connectivity index (χ1v) is 16.4. The number of β-amino-alcohol motifs (C(OH)–C–C–N with tert-alkyl or cyclic N) is 1. The van der Waals surface area contributed by atoms with Crippen LogP contribution in [0.5, 0.6) is 0 Å². The molecule has 0 radical (unpaired) electrons. The van der Waals surface area contributed by atoms with Crippen molar-refractivity contribution in [3.63, 3.8) is 0 Å². The number of rotatable bonds is 11. The average Bonchev–Trinajstić information content (AvgIpc) is 3.33. The first-order valence-electron chi connectivity index (χ1n) is 15.0. The van der Waals surface area contributed by atoms with Crippen LogP contribution in [0.1, 0.15) is 44.7 Å². The molecule has 0 unspecified atom stereocenters. The van der Waals surface area contributed by atoms with Gasteiger partial charge in [-0.3, -0.25) is 9.59 Å². The lowest BCUT2D eigenvalue weighted by atomic mass is 9.62. The molecule has 4 rings (SSSR count). The topological polar surface area (TPSA) is 119 Å². The summed E-state index contributed by atoms with van der Waals surface area (Å²) in [6.45, 7) is 12.5. The van der Waals surface area contributed by atoms with E-state index in [4.69, 9.17) is 0 Å². The summed E-state index contributed by atoms with van der Waals surface area (Å²) in [5.74, 6) is -0.00382. The molecule has 43 heavy (non-hydrogen) atoms. The minimum absolute atomic E-state index is 0.00895. The molecule has 0 aliphatic carbocycles. The Bertz CT molecular complexity index is 1400. The quantitative estimate of drug-likeness (QED) is 0.335.